The number of anilines is 1. The molecule has 2 heterocycles. The van der Waals surface area contributed by atoms with Crippen LogP contribution in [0.2, 0.25) is 0 Å². The zero-order valence-corrected chi connectivity index (χ0v) is 19.6. The van der Waals surface area contributed by atoms with Gasteiger partial charge in [-0.1, -0.05) is 22.0 Å². The second-order valence-corrected chi connectivity index (χ2v) is 10.7. The standard InChI is InChI=1S/C21H24BrN5O4S/c22-14-2-3-16-12(7-14)1-4-18(16)26-20-17-5-6-27(21(17)24-11-23-20)15-8-13(19(28)9-15)10-25-32(29,30)31/h2-3,5-7,11,13,15,18-19,25,28H,1,4,8-10H2,(H,23,24,26)(H,29,30,31)/t13-,15+,18-,19-/m0/s1. The molecule has 2 aromatic heterocycles. The Kier molecular flexibility index (Phi) is 5.70. The molecule has 0 amide bonds. The molecule has 4 atom stereocenters. The number of hydrogen-bond donors (Lipinski definition) is 4. The molecule has 1 aromatic carbocycles. The molecule has 0 saturated heterocycles. The van der Waals surface area contributed by atoms with Gasteiger partial charge in [-0.15, -0.1) is 0 Å². The normalized spacial score (nSPS) is 25.3. The van der Waals surface area contributed by atoms with E-state index in [0.29, 0.717) is 12.8 Å². The quantitative estimate of drug-likeness (QED) is 0.367. The summed E-state index contributed by atoms with van der Waals surface area (Å²) in [5, 5.41) is 14.9. The fourth-order valence-corrected chi connectivity index (χ4v) is 5.85. The van der Waals surface area contributed by atoms with Crippen LogP contribution < -0.4 is 10.0 Å². The third-order valence-corrected chi connectivity index (χ3v) is 7.58. The molecule has 32 heavy (non-hydrogen) atoms. The minimum atomic E-state index is -4.28. The fourth-order valence-electron chi connectivity index (χ4n) is 5.01. The molecule has 3 aromatic rings. The van der Waals surface area contributed by atoms with E-state index in [0.717, 1.165) is 34.2 Å². The van der Waals surface area contributed by atoms with E-state index < -0.39 is 16.4 Å². The van der Waals surface area contributed by atoms with E-state index in [-0.39, 0.29) is 24.5 Å². The Hall–Kier alpha value is -2.05. The number of nitrogens with zero attached hydrogens (tertiary/aromatic N) is 3. The first-order valence-corrected chi connectivity index (χ1v) is 12.8. The Morgan fingerprint density at radius 1 is 1.22 bits per heavy atom. The summed E-state index contributed by atoms with van der Waals surface area (Å²) in [6.07, 6.45) is 5.89. The van der Waals surface area contributed by atoms with Gasteiger partial charge in [0.1, 0.15) is 17.8 Å². The maximum absolute atomic E-state index is 11.0. The summed E-state index contributed by atoms with van der Waals surface area (Å²) in [5.74, 6) is 0.491. The molecule has 1 fully saturated rings. The van der Waals surface area contributed by atoms with Gasteiger partial charge in [0.25, 0.3) is 0 Å². The van der Waals surface area contributed by atoms with Gasteiger partial charge in [-0.2, -0.15) is 13.1 Å². The molecule has 0 unspecified atom stereocenters. The van der Waals surface area contributed by atoms with Crippen LogP contribution in [0.1, 0.15) is 42.5 Å². The predicted molar refractivity (Wildman–Crippen MR) is 124 cm³/mol. The van der Waals surface area contributed by atoms with Crippen LogP contribution in [-0.2, 0) is 16.7 Å². The van der Waals surface area contributed by atoms with Crippen molar-refractivity contribution >= 4 is 43.1 Å². The van der Waals surface area contributed by atoms with Crippen molar-refractivity contribution in [1.29, 1.82) is 0 Å². The average molecular weight is 522 g/mol. The Labute approximate surface area is 194 Å². The summed E-state index contributed by atoms with van der Waals surface area (Å²) in [5.41, 5.74) is 3.40. The summed E-state index contributed by atoms with van der Waals surface area (Å²) in [6.45, 7) is -0.00526. The minimum absolute atomic E-state index is 0.00526. The van der Waals surface area contributed by atoms with Gasteiger partial charge < -0.3 is 15.0 Å². The lowest BCUT2D eigenvalue weighted by atomic mass is 10.1. The minimum Gasteiger partial charge on any atom is -0.393 e. The maximum Gasteiger partial charge on any atom is 0.333 e. The van der Waals surface area contributed by atoms with Gasteiger partial charge in [0.15, 0.2) is 0 Å². The predicted octanol–water partition coefficient (Wildman–Crippen LogP) is 3.00. The van der Waals surface area contributed by atoms with E-state index in [1.807, 2.05) is 16.8 Å². The summed E-state index contributed by atoms with van der Waals surface area (Å²) in [6, 6.07) is 8.51. The summed E-state index contributed by atoms with van der Waals surface area (Å²) in [4.78, 5) is 8.97. The van der Waals surface area contributed by atoms with E-state index in [1.165, 1.54) is 11.1 Å². The first-order valence-electron chi connectivity index (χ1n) is 10.5. The van der Waals surface area contributed by atoms with Crippen LogP contribution in [0.3, 0.4) is 0 Å². The molecular formula is C21H24BrN5O4S. The molecule has 5 rings (SSSR count). The molecule has 4 N–H and O–H groups in total. The third kappa shape index (κ3) is 4.27. The highest BCUT2D eigenvalue weighted by Gasteiger charge is 2.35. The topological polar surface area (TPSA) is 129 Å². The van der Waals surface area contributed by atoms with Crippen LogP contribution in [-0.4, -0.2) is 45.3 Å². The van der Waals surface area contributed by atoms with Gasteiger partial charge in [0.05, 0.1) is 17.5 Å². The van der Waals surface area contributed by atoms with Crippen molar-refractivity contribution in [3.8, 4) is 0 Å². The fraction of sp³-hybridized carbons (Fsp3) is 0.429. The second kappa shape index (κ2) is 8.38. The zero-order valence-electron chi connectivity index (χ0n) is 17.1. The Balaban J connectivity index is 1.36. The number of aliphatic hydroxyl groups is 1. The maximum atomic E-state index is 11.0. The van der Waals surface area contributed by atoms with Gasteiger partial charge in [0.2, 0.25) is 0 Å². The lowest BCUT2D eigenvalue weighted by Gasteiger charge is -2.17. The van der Waals surface area contributed by atoms with Crippen LogP contribution in [0.25, 0.3) is 11.0 Å². The van der Waals surface area contributed by atoms with Crippen molar-refractivity contribution in [1.82, 2.24) is 19.3 Å². The van der Waals surface area contributed by atoms with Crippen LogP contribution in [0.15, 0.2) is 41.3 Å². The second-order valence-electron chi connectivity index (χ2n) is 8.54. The van der Waals surface area contributed by atoms with Crippen molar-refractivity contribution < 1.29 is 18.1 Å². The number of aromatic nitrogens is 3. The Morgan fingerprint density at radius 2 is 2.06 bits per heavy atom. The number of hydrogen-bond acceptors (Lipinski definition) is 6. The lowest BCUT2D eigenvalue weighted by molar-refractivity contribution is 0.133. The molecule has 2 aliphatic rings. The molecule has 170 valence electrons. The largest absolute Gasteiger partial charge is 0.393 e. The number of aryl methyl sites for hydroxylation is 1. The highest BCUT2D eigenvalue weighted by molar-refractivity contribution is 9.10. The van der Waals surface area contributed by atoms with Crippen molar-refractivity contribution in [2.24, 2.45) is 5.92 Å². The van der Waals surface area contributed by atoms with Crippen LogP contribution >= 0.6 is 15.9 Å². The number of aliphatic hydroxyl groups excluding tert-OH is 1. The first kappa shape index (κ1) is 21.8. The molecular weight excluding hydrogens is 498 g/mol. The molecule has 11 heteroatoms. The van der Waals surface area contributed by atoms with Gasteiger partial charge in [0, 0.05) is 29.2 Å². The molecule has 0 bridgehead atoms. The molecule has 9 nitrogen and oxygen atoms in total. The van der Waals surface area contributed by atoms with Crippen LogP contribution in [0.5, 0.6) is 0 Å². The lowest BCUT2D eigenvalue weighted by Crippen LogP contribution is -2.31. The smallest absolute Gasteiger partial charge is 0.333 e. The van der Waals surface area contributed by atoms with E-state index >= 15 is 0 Å². The molecule has 0 aliphatic heterocycles. The monoisotopic (exact) mass is 521 g/mol. The zero-order chi connectivity index (χ0) is 22.5. The van der Waals surface area contributed by atoms with E-state index in [1.54, 1.807) is 6.33 Å². The van der Waals surface area contributed by atoms with Crippen LogP contribution in [0.4, 0.5) is 5.82 Å². The Morgan fingerprint density at radius 3 is 2.88 bits per heavy atom. The van der Waals surface area contributed by atoms with Gasteiger partial charge in [-0.25, -0.2) is 9.97 Å². The number of halogens is 1. The first-order chi connectivity index (χ1) is 15.3. The van der Waals surface area contributed by atoms with E-state index in [4.69, 9.17) is 4.55 Å². The van der Waals surface area contributed by atoms with Crippen molar-refractivity contribution in [3.63, 3.8) is 0 Å². The molecule has 2 aliphatic carbocycles. The summed E-state index contributed by atoms with van der Waals surface area (Å²) >= 11 is 3.54. The molecule has 1 saturated carbocycles. The average Bonchev–Trinajstić information content (AvgIpc) is 3.43. The van der Waals surface area contributed by atoms with E-state index in [2.05, 4.69) is 54.1 Å². The Bertz CT molecular complexity index is 1260. The number of nitrogens with one attached hydrogen (secondary N) is 2. The highest BCUT2D eigenvalue weighted by atomic mass is 79.9. The van der Waals surface area contributed by atoms with Crippen molar-refractivity contribution in [2.75, 3.05) is 11.9 Å². The van der Waals surface area contributed by atoms with Gasteiger partial charge in [-0.3, -0.25) is 4.55 Å². The SMILES string of the molecule is O=S(=O)(O)NC[C@@H]1C[C@@H](n2ccc3c(N[C@H]4CCc5cc(Br)ccc54)ncnc32)C[C@@H]1O. The van der Waals surface area contributed by atoms with Gasteiger partial charge >= 0.3 is 10.3 Å². The summed E-state index contributed by atoms with van der Waals surface area (Å²) in [7, 11) is -4.28. The number of benzene rings is 1. The summed E-state index contributed by atoms with van der Waals surface area (Å²) < 4.78 is 36.1. The highest BCUT2D eigenvalue weighted by Crippen LogP contribution is 2.39. The van der Waals surface area contributed by atoms with Crippen molar-refractivity contribution in [2.45, 2.75) is 43.9 Å². The third-order valence-electron chi connectivity index (χ3n) is 6.56. The van der Waals surface area contributed by atoms with E-state index in [9.17, 15) is 13.5 Å². The molecule has 0 radical (unpaired) electrons. The molecule has 0 spiro atoms. The van der Waals surface area contributed by atoms with Gasteiger partial charge in [-0.05, 0) is 55.0 Å². The van der Waals surface area contributed by atoms with Crippen LogP contribution in [0, 0.1) is 5.92 Å². The van der Waals surface area contributed by atoms with Crippen molar-refractivity contribution in [3.05, 3.63) is 52.4 Å². The number of rotatable bonds is 6. The number of fused-ring (bicyclic) bond motifs is 2.